The molecule has 0 aromatic carbocycles. The summed E-state index contributed by atoms with van der Waals surface area (Å²) >= 11 is 0. The summed E-state index contributed by atoms with van der Waals surface area (Å²) in [6.45, 7) is 3.18. The molecule has 2 aliphatic heterocycles. The summed E-state index contributed by atoms with van der Waals surface area (Å²) in [6, 6.07) is -0.716. The fraction of sp³-hybridized carbons (Fsp3) is 0.600. The van der Waals surface area contributed by atoms with Crippen LogP contribution in [0, 0.1) is 5.92 Å². The molecule has 2 aliphatic rings. The normalized spacial score (nSPS) is 26.1. The molecule has 1 aromatic rings. The number of hydrogen-bond donors (Lipinski definition) is 3. The molecule has 1 unspecified atom stereocenters. The fourth-order valence-corrected chi connectivity index (χ4v) is 3.18. The van der Waals surface area contributed by atoms with Crippen molar-refractivity contribution >= 4 is 17.7 Å². The Hall–Kier alpha value is -2.42. The maximum atomic E-state index is 12.6. The van der Waals surface area contributed by atoms with E-state index < -0.39 is 24.0 Å². The van der Waals surface area contributed by atoms with Crippen LogP contribution in [0.15, 0.2) is 6.20 Å². The van der Waals surface area contributed by atoms with Crippen molar-refractivity contribution in [1.82, 2.24) is 19.8 Å². The Morgan fingerprint density at radius 3 is 2.83 bits per heavy atom. The molecule has 0 bridgehead atoms. The van der Waals surface area contributed by atoms with E-state index in [1.165, 1.54) is 4.90 Å². The maximum Gasteiger partial charge on any atom is 0.309 e. The molecule has 0 saturated carbocycles. The van der Waals surface area contributed by atoms with Gasteiger partial charge in [-0.05, 0) is 12.3 Å². The summed E-state index contributed by atoms with van der Waals surface area (Å²) in [6.07, 6.45) is 2.69. The average molecular weight is 335 g/mol. The van der Waals surface area contributed by atoms with Crippen LogP contribution in [0.1, 0.15) is 29.7 Å². The van der Waals surface area contributed by atoms with Crippen LogP contribution in [0.5, 0.6) is 0 Å². The second-order valence-electron chi connectivity index (χ2n) is 6.56. The Kier molecular flexibility index (Phi) is 4.27. The monoisotopic (exact) mass is 335 g/mol. The molecular formula is C15H21N5O4. The topological polar surface area (TPSA) is 131 Å². The molecule has 1 saturated heterocycles. The number of likely N-dealkylation sites (tertiary alicyclic amines) is 1. The number of fused-ring (bicyclic) bond motifs is 1. The van der Waals surface area contributed by atoms with Crippen LogP contribution in [0.25, 0.3) is 0 Å². The van der Waals surface area contributed by atoms with E-state index in [0.29, 0.717) is 11.6 Å². The molecule has 4 N–H and O–H groups in total. The molecule has 3 atom stereocenters. The van der Waals surface area contributed by atoms with E-state index in [-0.39, 0.29) is 19.0 Å². The SMILES string of the molecule is CC1CCn2cc(C(=O)N3C[C@@H](O)[C@H](NC(=O)C(N)=O)C3)nc2C1. The van der Waals surface area contributed by atoms with Crippen molar-refractivity contribution in [2.24, 2.45) is 11.7 Å². The van der Waals surface area contributed by atoms with E-state index in [0.717, 1.165) is 25.2 Å². The van der Waals surface area contributed by atoms with E-state index >= 15 is 0 Å². The number of aliphatic hydroxyl groups is 1. The molecule has 0 spiro atoms. The van der Waals surface area contributed by atoms with Crippen molar-refractivity contribution in [2.75, 3.05) is 13.1 Å². The van der Waals surface area contributed by atoms with Crippen molar-refractivity contribution in [1.29, 1.82) is 0 Å². The van der Waals surface area contributed by atoms with Crippen molar-refractivity contribution in [3.05, 3.63) is 17.7 Å². The van der Waals surface area contributed by atoms with Crippen molar-refractivity contribution < 1.29 is 19.5 Å². The number of carbonyl (C=O) groups is 3. The molecule has 1 aromatic heterocycles. The largest absolute Gasteiger partial charge is 0.389 e. The van der Waals surface area contributed by atoms with Gasteiger partial charge in [0.15, 0.2) is 0 Å². The highest BCUT2D eigenvalue weighted by Crippen LogP contribution is 2.21. The lowest BCUT2D eigenvalue weighted by molar-refractivity contribution is -0.138. The maximum absolute atomic E-state index is 12.6. The Balaban J connectivity index is 1.68. The zero-order chi connectivity index (χ0) is 17.4. The van der Waals surface area contributed by atoms with Gasteiger partial charge in [0.2, 0.25) is 0 Å². The highest BCUT2D eigenvalue weighted by atomic mass is 16.3. The lowest BCUT2D eigenvalue weighted by Crippen LogP contribution is -2.47. The van der Waals surface area contributed by atoms with Gasteiger partial charge in [-0.15, -0.1) is 0 Å². The van der Waals surface area contributed by atoms with Crippen LogP contribution in [0.2, 0.25) is 0 Å². The number of nitrogens with zero attached hydrogens (tertiary/aromatic N) is 3. The minimum Gasteiger partial charge on any atom is -0.389 e. The summed E-state index contributed by atoms with van der Waals surface area (Å²) in [5.41, 5.74) is 5.23. The summed E-state index contributed by atoms with van der Waals surface area (Å²) in [4.78, 5) is 40.6. The predicted octanol–water partition coefficient (Wildman–Crippen LogP) is -1.75. The molecule has 130 valence electrons. The van der Waals surface area contributed by atoms with E-state index in [2.05, 4.69) is 17.2 Å². The minimum absolute atomic E-state index is 0.0706. The Bertz CT molecular complexity index is 685. The Morgan fingerprint density at radius 1 is 1.38 bits per heavy atom. The number of amides is 3. The van der Waals surface area contributed by atoms with Gasteiger partial charge < -0.3 is 25.6 Å². The van der Waals surface area contributed by atoms with Gasteiger partial charge in [0.05, 0.1) is 12.1 Å². The number of primary amides is 1. The molecule has 24 heavy (non-hydrogen) atoms. The summed E-state index contributed by atoms with van der Waals surface area (Å²) < 4.78 is 1.99. The van der Waals surface area contributed by atoms with Gasteiger partial charge in [-0.2, -0.15) is 0 Å². The standard InChI is InChI=1S/C15H21N5O4/c1-8-2-3-19-6-10(17-12(19)4-8)15(24)20-5-9(11(21)7-20)18-14(23)13(16)22/h6,8-9,11,21H,2-5,7H2,1H3,(H2,16,22)(H,18,23)/t8?,9-,11-/m1/s1. The average Bonchev–Trinajstić information content (AvgIpc) is 3.10. The Morgan fingerprint density at radius 2 is 2.12 bits per heavy atom. The molecule has 3 heterocycles. The molecule has 9 heteroatoms. The predicted molar refractivity (Wildman–Crippen MR) is 82.7 cm³/mol. The number of rotatable bonds is 2. The molecule has 0 radical (unpaired) electrons. The number of nitrogens with two attached hydrogens (primary N) is 1. The number of aromatic nitrogens is 2. The third kappa shape index (κ3) is 3.12. The summed E-state index contributed by atoms with van der Waals surface area (Å²) in [5, 5.41) is 12.3. The summed E-state index contributed by atoms with van der Waals surface area (Å²) in [5.74, 6) is -0.942. The number of hydrogen-bond acceptors (Lipinski definition) is 5. The first-order chi connectivity index (χ1) is 11.3. The van der Waals surface area contributed by atoms with Crippen LogP contribution in [-0.4, -0.2) is 62.5 Å². The first kappa shape index (κ1) is 16.4. The van der Waals surface area contributed by atoms with Crippen LogP contribution in [0.4, 0.5) is 0 Å². The van der Waals surface area contributed by atoms with Crippen LogP contribution >= 0.6 is 0 Å². The quantitative estimate of drug-likeness (QED) is 0.552. The van der Waals surface area contributed by atoms with Crippen LogP contribution < -0.4 is 11.1 Å². The first-order valence-corrected chi connectivity index (χ1v) is 7.99. The number of β-amino-alcohol motifs (C(OH)–C–C–N with tert-alkyl or cyclic N) is 1. The number of imidazole rings is 1. The minimum atomic E-state index is -1.12. The van der Waals surface area contributed by atoms with Crippen molar-refractivity contribution in [2.45, 2.75) is 38.5 Å². The second-order valence-corrected chi connectivity index (χ2v) is 6.56. The van der Waals surface area contributed by atoms with E-state index in [1.54, 1.807) is 6.20 Å². The fourth-order valence-electron chi connectivity index (χ4n) is 3.18. The van der Waals surface area contributed by atoms with Gasteiger partial charge in [-0.1, -0.05) is 6.92 Å². The van der Waals surface area contributed by atoms with E-state index in [9.17, 15) is 19.5 Å². The van der Waals surface area contributed by atoms with E-state index in [4.69, 9.17) is 5.73 Å². The Labute approximate surface area is 138 Å². The lowest BCUT2D eigenvalue weighted by atomic mass is 10.0. The number of aliphatic hydroxyl groups excluding tert-OH is 1. The van der Waals surface area contributed by atoms with Gasteiger partial charge in [0.25, 0.3) is 5.91 Å². The second kappa shape index (κ2) is 6.23. The lowest BCUT2D eigenvalue weighted by Gasteiger charge is -2.18. The van der Waals surface area contributed by atoms with E-state index in [1.807, 2.05) is 4.57 Å². The summed E-state index contributed by atoms with van der Waals surface area (Å²) in [7, 11) is 0. The molecule has 0 aliphatic carbocycles. The molecule has 3 rings (SSSR count). The van der Waals surface area contributed by atoms with Crippen molar-refractivity contribution in [3.8, 4) is 0 Å². The highest BCUT2D eigenvalue weighted by Gasteiger charge is 2.37. The van der Waals surface area contributed by atoms with Gasteiger partial charge >= 0.3 is 11.8 Å². The van der Waals surface area contributed by atoms with Gasteiger partial charge in [-0.25, -0.2) is 4.98 Å². The molecular weight excluding hydrogens is 314 g/mol. The first-order valence-electron chi connectivity index (χ1n) is 7.99. The van der Waals surface area contributed by atoms with Crippen molar-refractivity contribution in [3.63, 3.8) is 0 Å². The number of nitrogens with one attached hydrogen (secondary N) is 1. The van der Waals surface area contributed by atoms with Gasteiger partial charge in [0, 0.05) is 32.3 Å². The van der Waals surface area contributed by atoms with Gasteiger partial charge in [0.1, 0.15) is 11.5 Å². The molecule has 3 amide bonds. The zero-order valence-electron chi connectivity index (χ0n) is 13.4. The van der Waals surface area contributed by atoms with Gasteiger partial charge in [-0.3, -0.25) is 14.4 Å². The highest BCUT2D eigenvalue weighted by molar-refractivity contribution is 6.34. The number of carbonyl (C=O) groups excluding carboxylic acids is 3. The van der Waals surface area contributed by atoms with Crippen LogP contribution in [0.3, 0.4) is 0 Å². The number of aryl methyl sites for hydroxylation is 1. The third-order valence-electron chi connectivity index (χ3n) is 4.59. The molecule has 1 fully saturated rings. The van der Waals surface area contributed by atoms with Crippen LogP contribution in [-0.2, 0) is 22.6 Å². The third-order valence-corrected chi connectivity index (χ3v) is 4.59. The zero-order valence-corrected chi connectivity index (χ0v) is 13.4. The smallest absolute Gasteiger partial charge is 0.309 e. The molecule has 9 nitrogen and oxygen atoms in total.